The Morgan fingerprint density at radius 2 is 2.67 bits per heavy atom. The number of nitrogens with zero attached hydrogens (tertiary/aromatic N) is 2. The second kappa shape index (κ2) is 2.65. The molecule has 1 aromatic rings. The number of hydrogen-bond donors (Lipinski definition) is 2. The van der Waals surface area contributed by atoms with E-state index in [4.69, 9.17) is 10.6 Å². The molecule has 0 aliphatic rings. The largest absolute Gasteiger partial charge is 0.391 e. The summed E-state index contributed by atoms with van der Waals surface area (Å²) in [7, 11) is 0. The van der Waals surface area contributed by atoms with E-state index in [1.165, 1.54) is 17.5 Å². The zero-order valence-electron chi connectivity index (χ0n) is 4.53. The Kier molecular flexibility index (Phi) is 1.86. The summed E-state index contributed by atoms with van der Waals surface area (Å²) in [5.74, 6) is 0. The summed E-state index contributed by atoms with van der Waals surface area (Å²) in [6.07, 6.45) is 1.51. The molecule has 0 amide bonds. The summed E-state index contributed by atoms with van der Waals surface area (Å²) in [4.78, 5) is 4.45. The highest BCUT2D eigenvalue weighted by Crippen LogP contribution is 2.19. The zero-order valence-corrected chi connectivity index (χ0v) is 5.35. The Hall–Kier alpha value is -0.810. The minimum Gasteiger partial charge on any atom is -0.391 e. The van der Waals surface area contributed by atoms with Gasteiger partial charge in [-0.25, -0.2) is 10.5 Å². The number of rotatable bonds is 2. The van der Waals surface area contributed by atoms with Crippen LogP contribution in [0.25, 0.3) is 0 Å². The van der Waals surface area contributed by atoms with Gasteiger partial charge in [0.25, 0.3) is 0 Å². The summed E-state index contributed by atoms with van der Waals surface area (Å²) in [5.41, 5.74) is 6.52. The van der Waals surface area contributed by atoms with Gasteiger partial charge >= 0.3 is 0 Å². The van der Waals surface area contributed by atoms with Crippen LogP contribution in [0.5, 0.6) is 0 Å². The van der Waals surface area contributed by atoms with E-state index in [9.17, 15) is 0 Å². The number of aliphatic hydroxyl groups excluding tert-OH is 1. The lowest BCUT2D eigenvalue weighted by molar-refractivity contribution is 0.285. The van der Waals surface area contributed by atoms with Crippen molar-refractivity contribution >= 4 is 16.5 Å². The Morgan fingerprint density at radius 1 is 1.89 bits per heavy atom. The van der Waals surface area contributed by atoms with Crippen LogP contribution in [0, 0.1) is 5.53 Å². The Balaban J connectivity index is 2.86. The summed E-state index contributed by atoms with van der Waals surface area (Å²) < 4.78 is 0. The first kappa shape index (κ1) is 6.31. The van der Waals surface area contributed by atoms with Crippen molar-refractivity contribution in [2.75, 3.05) is 0 Å². The van der Waals surface area contributed by atoms with E-state index < -0.39 is 0 Å². The van der Waals surface area contributed by atoms with Crippen LogP contribution in [0.15, 0.2) is 11.3 Å². The lowest BCUT2D eigenvalue weighted by Gasteiger charge is -1.78. The van der Waals surface area contributed by atoms with Crippen molar-refractivity contribution in [2.45, 2.75) is 6.61 Å². The molecule has 9 heavy (non-hydrogen) atoms. The van der Waals surface area contributed by atoms with E-state index in [-0.39, 0.29) is 6.61 Å². The van der Waals surface area contributed by atoms with Gasteiger partial charge in [0.15, 0.2) is 0 Å². The van der Waals surface area contributed by atoms with Crippen LogP contribution in [0.2, 0.25) is 0 Å². The van der Waals surface area contributed by atoms with Gasteiger partial charge in [-0.2, -0.15) is 0 Å². The fourth-order valence-corrected chi connectivity index (χ4v) is 0.977. The van der Waals surface area contributed by atoms with Crippen molar-refractivity contribution in [2.24, 2.45) is 5.11 Å². The molecule has 0 atom stereocenters. The van der Waals surface area contributed by atoms with Crippen molar-refractivity contribution in [3.05, 3.63) is 11.1 Å². The first-order valence-corrected chi connectivity index (χ1v) is 3.11. The maximum absolute atomic E-state index is 8.51. The number of aliphatic hydroxyl groups is 1. The van der Waals surface area contributed by atoms with Gasteiger partial charge in [0.2, 0.25) is 5.13 Å². The molecule has 0 saturated heterocycles. The van der Waals surface area contributed by atoms with Crippen molar-refractivity contribution in [1.82, 2.24) is 4.98 Å². The second-order valence-corrected chi connectivity index (χ2v) is 2.47. The van der Waals surface area contributed by atoms with Gasteiger partial charge in [0.05, 0.1) is 11.5 Å². The van der Waals surface area contributed by atoms with Crippen molar-refractivity contribution in [1.29, 1.82) is 5.53 Å². The zero-order chi connectivity index (χ0) is 6.69. The van der Waals surface area contributed by atoms with Crippen LogP contribution in [-0.2, 0) is 6.61 Å². The Bertz CT molecular complexity index is 209. The third-order valence-electron chi connectivity index (χ3n) is 0.793. The van der Waals surface area contributed by atoms with Gasteiger partial charge in [-0.3, -0.25) is 0 Å². The maximum Gasteiger partial charge on any atom is 0.229 e. The van der Waals surface area contributed by atoms with E-state index >= 15 is 0 Å². The average molecular weight is 143 g/mol. The molecule has 4 nitrogen and oxygen atoms in total. The van der Waals surface area contributed by atoms with Crippen LogP contribution < -0.4 is 0 Å². The third kappa shape index (κ3) is 1.30. The molecular weight excluding hydrogens is 138 g/mol. The fraction of sp³-hybridized carbons (Fsp3) is 0.250. The van der Waals surface area contributed by atoms with E-state index in [1.54, 1.807) is 0 Å². The molecular formula is C4H5N3OS. The summed E-state index contributed by atoms with van der Waals surface area (Å²) >= 11 is 1.22. The summed E-state index contributed by atoms with van der Waals surface area (Å²) in [5, 5.41) is 12.0. The van der Waals surface area contributed by atoms with Gasteiger partial charge in [-0.15, -0.1) is 5.11 Å². The highest BCUT2D eigenvalue weighted by Gasteiger charge is 1.96. The molecule has 0 aliphatic heterocycles. The monoisotopic (exact) mass is 143 g/mol. The smallest absolute Gasteiger partial charge is 0.229 e. The molecule has 0 bridgehead atoms. The minimum absolute atomic E-state index is 0.0206. The lowest BCUT2D eigenvalue weighted by Crippen LogP contribution is -1.70. The third-order valence-corrected chi connectivity index (χ3v) is 1.67. The highest BCUT2D eigenvalue weighted by atomic mass is 32.1. The normalized spacial score (nSPS) is 9.44. The van der Waals surface area contributed by atoms with E-state index in [0.717, 1.165) is 4.88 Å². The van der Waals surface area contributed by atoms with Crippen molar-refractivity contribution in [3.63, 3.8) is 0 Å². The molecule has 0 fully saturated rings. The quantitative estimate of drug-likeness (QED) is 0.612. The van der Waals surface area contributed by atoms with E-state index in [1.807, 2.05) is 0 Å². The molecule has 2 N–H and O–H groups in total. The number of aromatic nitrogens is 1. The van der Waals surface area contributed by atoms with Crippen LogP contribution in [0.1, 0.15) is 4.88 Å². The molecule has 5 heteroatoms. The fourth-order valence-electron chi connectivity index (χ4n) is 0.422. The number of nitrogens with one attached hydrogen (secondary N) is 1. The van der Waals surface area contributed by atoms with Crippen molar-refractivity contribution < 1.29 is 5.11 Å². The highest BCUT2D eigenvalue weighted by molar-refractivity contribution is 7.15. The standard InChI is InChI=1S/C4H5N3OS/c5-7-4-6-1-3(2-8)9-4/h1,5,8H,2H2. The first-order valence-electron chi connectivity index (χ1n) is 2.30. The molecule has 48 valence electrons. The van der Waals surface area contributed by atoms with E-state index in [0.29, 0.717) is 5.13 Å². The van der Waals surface area contributed by atoms with Crippen molar-refractivity contribution in [3.8, 4) is 0 Å². The van der Waals surface area contributed by atoms with Crippen LogP contribution >= 0.6 is 11.3 Å². The molecule has 0 spiro atoms. The summed E-state index contributed by atoms with van der Waals surface area (Å²) in [6, 6.07) is 0. The Morgan fingerprint density at radius 3 is 3.00 bits per heavy atom. The van der Waals surface area contributed by atoms with Gasteiger partial charge in [0.1, 0.15) is 0 Å². The predicted octanol–water partition coefficient (Wildman–Crippen LogP) is 1.30. The number of hydrogen-bond acceptors (Lipinski definition) is 5. The molecule has 0 unspecified atom stereocenters. The van der Waals surface area contributed by atoms with Gasteiger partial charge in [-0.1, -0.05) is 11.3 Å². The molecule has 0 saturated carbocycles. The van der Waals surface area contributed by atoms with Crippen LogP contribution in [0.4, 0.5) is 5.13 Å². The minimum atomic E-state index is -0.0206. The van der Waals surface area contributed by atoms with Gasteiger partial charge in [0, 0.05) is 6.20 Å². The predicted molar refractivity (Wildman–Crippen MR) is 32.8 cm³/mol. The average Bonchev–Trinajstić information content (AvgIpc) is 2.34. The lowest BCUT2D eigenvalue weighted by atomic mass is 10.6. The van der Waals surface area contributed by atoms with Gasteiger partial charge in [-0.05, 0) is 0 Å². The van der Waals surface area contributed by atoms with Crippen LogP contribution in [0.3, 0.4) is 0 Å². The second-order valence-electron chi connectivity index (χ2n) is 1.38. The summed E-state index contributed by atoms with van der Waals surface area (Å²) in [6.45, 7) is -0.0206. The molecule has 0 aliphatic carbocycles. The van der Waals surface area contributed by atoms with Gasteiger partial charge < -0.3 is 5.11 Å². The molecule has 1 heterocycles. The SMILES string of the molecule is N=Nc1ncc(CO)s1. The molecule has 0 aromatic carbocycles. The molecule has 0 radical (unpaired) electrons. The first-order chi connectivity index (χ1) is 4.36. The Labute approximate surface area is 55.7 Å². The molecule has 1 rings (SSSR count). The van der Waals surface area contributed by atoms with Crippen LogP contribution in [-0.4, -0.2) is 10.1 Å². The van der Waals surface area contributed by atoms with E-state index in [2.05, 4.69) is 10.1 Å². The topological polar surface area (TPSA) is 69.3 Å². The maximum atomic E-state index is 8.51. The number of thiazole rings is 1. The molecule has 1 aromatic heterocycles.